The van der Waals surface area contributed by atoms with Crippen LogP contribution in [0.3, 0.4) is 0 Å². The van der Waals surface area contributed by atoms with E-state index in [0.717, 1.165) is 10.0 Å². The van der Waals surface area contributed by atoms with Crippen LogP contribution in [0.5, 0.6) is 0 Å². The van der Waals surface area contributed by atoms with E-state index in [9.17, 15) is 10.1 Å². The molecule has 1 aromatic carbocycles. The van der Waals surface area contributed by atoms with Crippen molar-refractivity contribution in [2.45, 2.75) is 24.5 Å². The summed E-state index contributed by atoms with van der Waals surface area (Å²) in [6.45, 7) is 0. The molecule has 1 fully saturated rings. The molecule has 5 atom stereocenters. The van der Waals surface area contributed by atoms with Crippen molar-refractivity contribution < 1.29 is 14.3 Å². The second kappa shape index (κ2) is 6.12. The van der Waals surface area contributed by atoms with Crippen LogP contribution in [0.1, 0.15) is 23.2 Å². The van der Waals surface area contributed by atoms with Crippen LogP contribution in [0.2, 0.25) is 0 Å². The summed E-state index contributed by atoms with van der Waals surface area (Å²) in [4.78, 5) is 12.5. The standard InChI is InChI=1S/C20H18BrNO3/c1-24-20-9-8-18(25-19(23)12-2-5-14(21)6-3-12)16(20)10-13-4-7-15(13)17(20)11-22/h2-7,10,13,15,17-18H,8-9H2,1H3/t13-,15?,17-,18+,20-/m0/s1. The number of carbonyl (C=O) groups excluding carboxylic acids is 1. The molecule has 4 rings (SSSR count). The predicted octanol–water partition coefficient (Wildman–Crippen LogP) is 4.04. The molecule has 0 aliphatic heterocycles. The van der Waals surface area contributed by atoms with Crippen LogP contribution in [0.4, 0.5) is 0 Å². The Kier molecular flexibility index (Phi) is 4.05. The number of nitrogens with zero attached hydrogens (tertiary/aromatic N) is 1. The van der Waals surface area contributed by atoms with Crippen LogP contribution < -0.4 is 0 Å². The number of carbonyl (C=O) groups is 1. The van der Waals surface area contributed by atoms with Crippen molar-refractivity contribution >= 4 is 21.9 Å². The molecular weight excluding hydrogens is 382 g/mol. The molecule has 25 heavy (non-hydrogen) atoms. The lowest BCUT2D eigenvalue weighted by atomic mass is 9.61. The van der Waals surface area contributed by atoms with Crippen molar-refractivity contribution in [3.05, 3.63) is 58.1 Å². The van der Waals surface area contributed by atoms with Crippen molar-refractivity contribution in [2.75, 3.05) is 7.11 Å². The summed E-state index contributed by atoms with van der Waals surface area (Å²) < 4.78 is 12.6. The van der Waals surface area contributed by atoms with Crippen molar-refractivity contribution in [1.29, 1.82) is 5.26 Å². The first-order valence-electron chi connectivity index (χ1n) is 8.41. The van der Waals surface area contributed by atoms with E-state index in [1.165, 1.54) is 0 Å². The van der Waals surface area contributed by atoms with Crippen LogP contribution >= 0.6 is 15.9 Å². The molecule has 0 spiro atoms. The maximum Gasteiger partial charge on any atom is 0.338 e. The summed E-state index contributed by atoms with van der Waals surface area (Å²) in [5.41, 5.74) is 0.844. The van der Waals surface area contributed by atoms with Crippen LogP contribution in [0.25, 0.3) is 0 Å². The van der Waals surface area contributed by atoms with Gasteiger partial charge in [0, 0.05) is 23.4 Å². The summed E-state index contributed by atoms with van der Waals surface area (Å²) in [6, 6.07) is 9.56. The maximum absolute atomic E-state index is 12.5. The number of benzene rings is 1. The molecule has 3 aliphatic carbocycles. The number of nitriles is 1. The molecule has 0 N–H and O–H groups in total. The number of ether oxygens (including phenoxy) is 2. The molecule has 1 unspecified atom stereocenters. The Morgan fingerprint density at radius 1 is 1.32 bits per heavy atom. The van der Waals surface area contributed by atoms with Gasteiger partial charge in [-0.25, -0.2) is 4.79 Å². The third-order valence-electron chi connectivity index (χ3n) is 5.71. The zero-order valence-electron chi connectivity index (χ0n) is 13.8. The average molecular weight is 400 g/mol. The highest BCUT2D eigenvalue weighted by molar-refractivity contribution is 9.10. The normalized spacial score (nSPS) is 35.0. The van der Waals surface area contributed by atoms with E-state index in [0.29, 0.717) is 18.4 Å². The number of esters is 1. The molecule has 5 heteroatoms. The average Bonchev–Trinajstić information content (AvgIpc) is 2.95. The van der Waals surface area contributed by atoms with Crippen molar-refractivity contribution in [2.24, 2.45) is 17.8 Å². The highest BCUT2D eigenvalue weighted by atomic mass is 79.9. The second-order valence-electron chi connectivity index (χ2n) is 6.80. The Labute approximate surface area is 155 Å². The summed E-state index contributed by atoms with van der Waals surface area (Å²) in [6.07, 6.45) is 7.39. The second-order valence-corrected chi connectivity index (χ2v) is 7.72. The molecule has 1 aromatic rings. The Hall–Kier alpha value is -1.90. The molecule has 3 aliphatic rings. The van der Waals surface area contributed by atoms with E-state index < -0.39 is 5.60 Å². The number of rotatable bonds is 3. The molecule has 0 aromatic heterocycles. The molecular formula is C20H18BrNO3. The number of halogens is 1. The number of hydrogen-bond donors (Lipinski definition) is 0. The number of hydrogen-bond acceptors (Lipinski definition) is 4. The Balaban J connectivity index is 1.61. The zero-order valence-corrected chi connectivity index (χ0v) is 15.4. The predicted molar refractivity (Wildman–Crippen MR) is 95.6 cm³/mol. The third kappa shape index (κ3) is 2.47. The van der Waals surface area contributed by atoms with Gasteiger partial charge in [0.25, 0.3) is 0 Å². The van der Waals surface area contributed by atoms with E-state index >= 15 is 0 Å². The van der Waals surface area contributed by atoms with Gasteiger partial charge in [-0.2, -0.15) is 5.26 Å². The van der Waals surface area contributed by atoms with Crippen molar-refractivity contribution in [3.63, 3.8) is 0 Å². The first-order chi connectivity index (χ1) is 12.1. The Morgan fingerprint density at radius 3 is 2.68 bits per heavy atom. The zero-order chi connectivity index (χ0) is 17.6. The summed E-state index contributed by atoms with van der Waals surface area (Å²) >= 11 is 3.36. The molecule has 0 bridgehead atoms. The topological polar surface area (TPSA) is 59.3 Å². The van der Waals surface area contributed by atoms with Gasteiger partial charge in [0.1, 0.15) is 11.7 Å². The van der Waals surface area contributed by atoms with Gasteiger partial charge in [0.05, 0.1) is 17.6 Å². The smallest absolute Gasteiger partial charge is 0.338 e. The van der Waals surface area contributed by atoms with Gasteiger partial charge in [-0.05, 0) is 42.7 Å². The van der Waals surface area contributed by atoms with E-state index in [1.54, 1.807) is 19.2 Å². The summed E-state index contributed by atoms with van der Waals surface area (Å²) in [5.74, 6) is -0.126. The van der Waals surface area contributed by atoms with Crippen LogP contribution in [-0.4, -0.2) is 24.8 Å². The number of methoxy groups -OCH3 is 1. The summed E-state index contributed by atoms with van der Waals surface area (Å²) in [7, 11) is 1.65. The molecule has 0 radical (unpaired) electrons. The van der Waals surface area contributed by atoms with Crippen LogP contribution in [0.15, 0.2) is 52.5 Å². The van der Waals surface area contributed by atoms with Gasteiger partial charge < -0.3 is 9.47 Å². The SMILES string of the molecule is CO[C@@]12CC[C@@H](OC(=O)c3ccc(Br)cc3)C1=C[C@@H]1C=CC1[C@@H]2C#N. The lowest BCUT2D eigenvalue weighted by molar-refractivity contribution is -0.0333. The minimum absolute atomic E-state index is 0.203. The van der Waals surface area contributed by atoms with Crippen LogP contribution in [0, 0.1) is 29.1 Å². The minimum Gasteiger partial charge on any atom is -0.454 e. The molecule has 1 saturated carbocycles. The monoisotopic (exact) mass is 399 g/mol. The van der Waals surface area contributed by atoms with Gasteiger partial charge in [-0.1, -0.05) is 34.2 Å². The van der Waals surface area contributed by atoms with E-state index in [1.807, 2.05) is 12.1 Å². The van der Waals surface area contributed by atoms with Crippen LogP contribution in [-0.2, 0) is 9.47 Å². The summed E-state index contributed by atoms with van der Waals surface area (Å²) in [5, 5.41) is 9.73. The fourth-order valence-electron chi connectivity index (χ4n) is 4.33. The fraction of sp³-hybridized carbons (Fsp3) is 0.400. The number of allylic oxidation sites excluding steroid dienone is 3. The van der Waals surface area contributed by atoms with Gasteiger partial charge in [-0.15, -0.1) is 0 Å². The van der Waals surface area contributed by atoms with E-state index in [-0.39, 0.29) is 29.8 Å². The molecule has 0 heterocycles. The Bertz CT molecular complexity index is 807. The van der Waals surface area contributed by atoms with Crippen molar-refractivity contribution in [1.82, 2.24) is 0 Å². The largest absolute Gasteiger partial charge is 0.454 e. The highest BCUT2D eigenvalue weighted by Gasteiger charge is 2.58. The quantitative estimate of drug-likeness (QED) is 0.568. The van der Waals surface area contributed by atoms with Gasteiger partial charge in [0.15, 0.2) is 0 Å². The van der Waals surface area contributed by atoms with Gasteiger partial charge in [-0.3, -0.25) is 0 Å². The molecule has 128 valence electrons. The molecule has 4 nitrogen and oxygen atoms in total. The highest BCUT2D eigenvalue weighted by Crippen LogP contribution is 2.55. The maximum atomic E-state index is 12.5. The Morgan fingerprint density at radius 2 is 2.08 bits per heavy atom. The lowest BCUT2D eigenvalue weighted by Gasteiger charge is -2.46. The third-order valence-corrected chi connectivity index (χ3v) is 6.23. The van der Waals surface area contributed by atoms with E-state index in [4.69, 9.17) is 9.47 Å². The number of fused-ring (bicyclic) bond motifs is 2. The first kappa shape index (κ1) is 16.6. The van der Waals surface area contributed by atoms with Gasteiger partial charge in [0.2, 0.25) is 0 Å². The van der Waals surface area contributed by atoms with E-state index in [2.05, 4.69) is 40.2 Å². The van der Waals surface area contributed by atoms with Crippen molar-refractivity contribution in [3.8, 4) is 6.07 Å². The fourth-order valence-corrected chi connectivity index (χ4v) is 4.59. The first-order valence-corrected chi connectivity index (χ1v) is 9.20. The lowest BCUT2D eigenvalue weighted by Crippen LogP contribution is -2.49. The molecule has 0 saturated heterocycles. The molecule has 0 amide bonds. The minimum atomic E-state index is -0.634. The van der Waals surface area contributed by atoms with Gasteiger partial charge >= 0.3 is 5.97 Å².